The van der Waals surface area contributed by atoms with Gasteiger partial charge in [-0.3, -0.25) is 4.79 Å². The molecule has 0 spiro atoms. The zero-order valence-electron chi connectivity index (χ0n) is 13.6. The van der Waals surface area contributed by atoms with E-state index in [1.807, 2.05) is 38.1 Å². The number of hydrogen-bond acceptors (Lipinski definition) is 5. The molecule has 6 nitrogen and oxygen atoms in total. The molecule has 1 aromatic heterocycles. The second kappa shape index (κ2) is 6.43. The van der Waals surface area contributed by atoms with Crippen molar-refractivity contribution in [1.82, 2.24) is 14.9 Å². The van der Waals surface area contributed by atoms with Crippen LogP contribution in [0.2, 0.25) is 0 Å². The fraction of sp³-hybridized carbons (Fsp3) is 0.312. The molecule has 22 heavy (non-hydrogen) atoms. The lowest BCUT2D eigenvalue weighted by Gasteiger charge is -2.15. The molecule has 0 aliphatic heterocycles. The number of rotatable bonds is 4. The van der Waals surface area contributed by atoms with Gasteiger partial charge >= 0.3 is 0 Å². The number of carbonyl (C=O) groups is 1. The number of anilines is 3. The Hall–Kier alpha value is -2.63. The molecule has 0 saturated heterocycles. The minimum Gasteiger partial charge on any atom is -0.362 e. The van der Waals surface area contributed by atoms with Crippen LogP contribution >= 0.6 is 0 Å². The molecular weight excluding hydrogens is 278 g/mol. The summed E-state index contributed by atoms with van der Waals surface area (Å²) in [6.07, 6.45) is 1.78. The number of aromatic nitrogens is 2. The number of aryl methyl sites for hydroxylation is 1. The van der Waals surface area contributed by atoms with Crippen molar-refractivity contribution in [2.24, 2.45) is 0 Å². The normalized spacial score (nSPS) is 10.2. The van der Waals surface area contributed by atoms with Gasteiger partial charge < -0.3 is 15.1 Å². The van der Waals surface area contributed by atoms with Crippen molar-refractivity contribution in [1.29, 1.82) is 0 Å². The van der Waals surface area contributed by atoms with Crippen molar-refractivity contribution >= 4 is 23.4 Å². The lowest BCUT2D eigenvalue weighted by molar-refractivity contribution is 0.0827. The van der Waals surface area contributed by atoms with E-state index in [9.17, 15) is 4.79 Å². The molecule has 0 unspecified atom stereocenters. The van der Waals surface area contributed by atoms with Crippen LogP contribution in [0.5, 0.6) is 0 Å². The van der Waals surface area contributed by atoms with Gasteiger partial charge in [0.15, 0.2) is 0 Å². The maximum absolute atomic E-state index is 12.0. The Morgan fingerprint density at radius 1 is 1.18 bits per heavy atom. The maximum Gasteiger partial charge on any atom is 0.253 e. The van der Waals surface area contributed by atoms with Crippen molar-refractivity contribution in [3.63, 3.8) is 0 Å². The molecule has 1 N–H and O–H groups in total. The van der Waals surface area contributed by atoms with E-state index in [1.54, 1.807) is 37.3 Å². The molecule has 0 aliphatic rings. The van der Waals surface area contributed by atoms with Crippen LogP contribution in [-0.2, 0) is 0 Å². The van der Waals surface area contributed by atoms with Gasteiger partial charge in [-0.25, -0.2) is 4.98 Å². The van der Waals surface area contributed by atoms with Crippen molar-refractivity contribution in [2.45, 2.75) is 6.92 Å². The quantitative estimate of drug-likeness (QED) is 0.938. The van der Waals surface area contributed by atoms with Crippen LogP contribution in [0.1, 0.15) is 15.9 Å². The molecule has 0 bridgehead atoms. The third-order valence-corrected chi connectivity index (χ3v) is 3.14. The van der Waals surface area contributed by atoms with Crippen LogP contribution in [-0.4, -0.2) is 49.0 Å². The summed E-state index contributed by atoms with van der Waals surface area (Å²) in [5, 5.41) is 3.14. The third-order valence-electron chi connectivity index (χ3n) is 3.14. The van der Waals surface area contributed by atoms with E-state index >= 15 is 0 Å². The fourth-order valence-electron chi connectivity index (χ4n) is 2.06. The Balaban J connectivity index is 2.26. The van der Waals surface area contributed by atoms with E-state index in [0.717, 1.165) is 17.1 Å². The van der Waals surface area contributed by atoms with Crippen LogP contribution in [0.3, 0.4) is 0 Å². The number of amides is 1. The Morgan fingerprint density at radius 2 is 1.91 bits per heavy atom. The summed E-state index contributed by atoms with van der Waals surface area (Å²) in [7, 11) is 7.34. The monoisotopic (exact) mass is 299 g/mol. The van der Waals surface area contributed by atoms with E-state index in [-0.39, 0.29) is 5.91 Å². The molecule has 6 heteroatoms. The highest BCUT2D eigenvalue weighted by Gasteiger charge is 2.10. The molecule has 2 rings (SSSR count). The van der Waals surface area contributed by atoms with Crippen LogP contribution in [0.4, 0.5) is 17.5 Å². The van der Waals surface area contributed by atoms with Gasteiger partial charge in [0.2, 0.25) is 5.95 Å². The van der Waals surface area contributed by atoms with Crippen molar-refractivity contribution in [3.05, 3.63) is 41.6 Å². The summed E-state index contributed by atoms with van der Waals surface area (Å²) >= 11 is 0. The number of hydrogen-bond donors (Lipinski definition) is 1. The van der Waals surface area contributed by atoms with Gasteiger partial charge in [-0.15, -0.1) is 0 Å². The number of nitrogens with one attached hydrogen (secondary N) is 1. The molecule has 0 radical (unpaired) electrons. The minimum absolute atomic E-state index is 0.0394. The number of nitrogens with zero attached hydrogens (tertiary/aromatic N) is 4. The molecule has 0 fully saturated rings. The Morgan fingerprint density at radius 3 is 2.55 bits per heavy atom. The van der Waals surface area contributed by atoms with E-state index in [0.29, 0.717) is 11.5 Å². The van der Waals surface area contributed by atoms with Crippen molar-refractivity contribution in [3.8, 4) is 0 Å². The van der Waals surface area contributed by atoms with E-state index in [1.165, 1.54) is 0 Å². The largest absolute Gasteiger partial charge is 0.362 e. The van der Waals surface area contributed by atoms with Gasteiger partial charge in [-0.2, -0.15) is 4.98 Å². The first-order chi connectivity index (χ1) is 10.4. The average molecular weight is 299 g/mol. The van der Waals surface area contributed by atoms with Gasteiger partial charge in [0.05, 0.1) is 0 Å². The summed E-state index contributed by atoms with van der Waals surface area (Å²) in [4.78, 5) is 24.3. The zero-order valence-corrected chi connectivity index (χ0v) is 13.6. The van der Waals surface area contributed by atoms with Crippen molar-refractivity contribution < 1.29 is 4.79 Å². The molecule has 0 atom stereocenters. The molecule has 2 aromatic rings. The zero-order chi connectivity index (χ0) is 16.3. The topological polar surface area (TPSA) is 61.4 Å². The van der Waals surface area contributed by atoms with Crippen LogP contribution < -0.4 is 10.2 Å². The molecule has 116 valence electrons. The first-order valence-corrected chi connectivity index (χ1v) is 6.98. The molecule has 1 heterocycles. The van der Waals surface area contributed by atoms with Gasteiger partial charge in [0, 0.05) is 51.2 Å². The van der Waals surface area contributed by atoms with E-state index in [2.05, 4.69) is 15.3 Å². The summed E-state index contributed by atoms with van der Waals surface area (Å²) in [6, 6.07) is 7.29. The Labute approximate surface area is 130 Å². The Kier molecular flexibility index (Phi) is 4.60. The SMILES string of the molecule is Cc1cnc(Nc2cccc(C(=O)N(C)C)c2)nc1N(C)C. The van der Waals surface area contributed by atoms with Crippen molar-refractivity contribution in [2.75, 3.05) is 38.4 Å². The van der Waals surface area contributed by atoms with Crippen LogP contribution in [0.25, 0.3) is 0 Å². The second-order valence-corrected chi connectivity index (χ2v) is 5.50. The first-order valence-electron chi connectivity index (χ1n) is 6.98. The van der Waals surface area contributed by atoms with E-state index < -0.39 is 0 Å². The Bertz CT molecular complexity index is 682. The summed E-state index contributed by atoms with van der Waals surface area (Å²) < 4.78 is 0. The predicted molar refractivity (Wildman–Crippen MR) is 88.8 cm³/mol. The van der Waals surface area contributed by atoms with Gasteiger partial charge in [-0.05, 0) is 25.1 Å². The predicted octanol–water partition coefficient (Wildman–Crippen LogP) is 2.30. The maximum atomic E-state index is 12.0. The smallest absolute Gasteiger partial charge is 0.253 e. The molecule has 0 aliphatic carbocycles. The van der Waals surface area contributed by atoms with Crippen LogP contribution in [0.15, 0.2) is 30.5 Å². The average Bonchev–Trinajstić information content (AvgIpc) is 2.48. The second-order valence-electron chi connectivity index (χ2n) is 5.50. The van der Waals surface area contributed by atoms with E-state index in [4.69, 9.17) is 0 Å². The highest BCUT2D eigenvalue weighted by molar-refractivity contribution is 5.94. The minimum atomic E-state index is -0.0394. The summed E-state index contributed by atoms with van der Waals surface area (Å²) in [6.45, 7) is 1.97. The summed E-state index contributed by atoms with van der Waals surface area (Å²) in [5.41, 5.74) is 2.41. The summed E-state index contributed by atoms with van der Waals surface area (Å²) in [5.74, 6) is 1.32. The molecule has 1 amide bonds. The highest BCUT2D eigenvalue weighted by Crippen LogP contribution is 2.19. The number of carbonyl (C=O) groups excluding carboxylic acids is 1. The van der Waals surface area contributed by atoms with Gasteiger partial charge in [0.25, 0.3) is 5.91 Å². The fourth-order valence-corrected chi connectivity index (χ4v) is 2.06. The van der Waals surface area contributed by atoms with Gasteiger partial charge in [0.1, 0.15) is 5.82 Å². The first kappa shape index (κ1) is 15.8. The third kappa shape index (κ3) is 3.52. The lowest BCUT2D eigenvalue weighted by atomic mass is 10.2. The number of benzene rings is 1. The standard InChI is InChI=1S/C16H21N5O/c1-11-10-17-16(19-14(11)20(2)3)18-13-8-6-7-12(9-13)15(22)21(4)5/h6-10H,1-5H3,(H,17,18,19). The van der Waals surface area contributed by atoms with Crippen LogP contribution in [0, 0.1) is 6.92 Å². The lowest BCUT2D eigenvalue weighted by Crippen LogP contribution is -2.21. The molecule has 0 saturated carbocycles. The molecule has 1 aromatic carbocycles. The highest BCUT2D eigenvalue weighted by atomic mass is 16.2. The van der Waals surface area contributed by atoms with Gasteiger partial charge in [-0.1, -0.05) is 6.07 Å². The molecular formula is C16H21N5O.